The van der Waals surface area contributed by atoms with Crippen molar-refractivity contribution < 1.29 is 23.8 Å². The van der Waals surface area contributed by atoms with Crippen LogP contribution in [0.4, 0.5) is 0 Å². The van der Waals surface area contributed by atoms with Crippen molar-refractivity contribution in [2.75, 3.05) is 40.1 Å². The average Bonchev–Trinajstić information content (AvgIpc) is 3.23. The molecule has 2 aliphatic heterocycles. The van der Waals surface area contributed by atoms with Gasteiger partial charge in [-0.2, -0.15) is 0 Å². The maximum absolute atomic E-state index is 12.9. The fraction of sp³-hybridized carbons (Fsp3) is 0.333. The number of rotatable bonds is 4. The van der Waals surface area contributed by atoms with Crippen LogP contribution in [0.2, 0.25) is 5.02 Å². The molecule has 8 heteroatoms. The highest BCUT2D eigenvalue weighted by Crippen LogP contribution is 2.33. The van der Waals surface area contributed by atoms with E-state index in [0.717, 1.165) is 0 Å². The Hall–Kier alpha value is -2.77. The quantitative estimate of drug-likeness (QED) is 0.714. The van der Waals surface area contributed by atoms with Crippen LogP contribution in [0.15, 0.2) is 42.5 Å². The predicted octanol–water partition coefficient (Wildman–Crippen LogP) is 2.74. The van der Waals surface area contributed by atoms with Gasteiger partial charge < -0.3 is 19.1 Å². The van der Waals surface area contributed by atoms with Crippen molar-refractivity contribution >= 4 is 23.5 Å². The van der Waals surface area contributed by atoms with Crippen molar-refractivity contribution in [3.8, 4) is 11.5 Å². The molecule has 152 valence electrons. The van der Waals surface area contributed by atoms with Crippen molar-refractivity contribution in [2.24, 2.45) is 0 Å². The van der Waals surface area contributed by atoms with Crippen LogP contribution >= 0.6 is 11.6 Å². The van der Waals surface area contributed by atoms with Crippen LogP contribution in [0.3, 0.4) is 0 Å². The first-order chi connectivity index (χ1) is 14.1. The van der Waals surface area contributed by atoms with E-state index in [4.69, 9.17) is 25.8 Å². The van der Waals surface area contributed by atoms with E-state index in [-0.39, 0.29) is 18.7 Å². The predicted molar refractivity (Wildman–Crippen MR) is 106 cm³/mol. The third-order valence-corrected chi connectivity index (χ3v) is 5.55. The van der Waals surface area contributed by atoms with Gasteiger partial charge in [-0.25, -0.2) is 4.79 Å². The summed E-state index contributed by atoms with van der Waals surface area (Å²) in [6.45, 7) is 2.21. The molecule has 1 unspecified atom stereocenters. The molecule has 2 aliphatic rings. The van der Waals surface area contributed by atoms with Crippen LogP contribution in [0, 0.1) is 0 Å². The van der Waals surface area contributed by atoms with Gasteiger partial charge in [-0.3, -0.25) is 9.69 Å². The number of fused-ring (bicyclic) bond motifs is 1. The molecule has 1 amide bonds. The summed E-state index contributed by atoms with van der Waals surface area (Å²) in [7, 11) is 1.37. The molecule has 7 nitrogen and oxygen atoms in total. The Bertz CT molecular complexity index is 927. The van der Waals surface area contributed by atoms with Crippen LogP contribution < -0.4 is 9.47 Å². The molecular formula is C21H21ClN2O5. The summed E-state index contributed by atoms with van der Waals surface area (Å²) in [5.41, 5.74) is 1.26. The molecule has 4 rings (SSSR count). The first-order valence-electron chi connectivity index (χ1n) is 9.33. The topological polar surface area (TPSA) is 68.3 Å². The number of piperazine rings is 1. The Kier molecular flexibility index (Phi) is 5.60. The highest BCUT2D eigenvalue weighted by atomic mass is 35.5. The molecule has 0 bridgehead atoms. The molecule has 2 aromatic carbocycles. The van der Waals surface area contributed by atoms with Gasteiger partial charge in [0.2, 0.25) is 6.79 Å². The number of nitrogens with zero attached hydrogens (tertiary/aromatic N) is 2. The number of hydrogen-bond donors (Lipinski definition) is 0. The lowest BCUT2D eigenvalue weighted by molar-refractivity contribution is -0.148. The molecule has 29 heavy (non-hydrogen) atoms. The number of benzene rings is 2. The second-order valence-electron chi connectivity index (χ2n) is 6.84. The summed E-state index contributed by atoms with van der Waals surface area (Å²) in [5.74, 6) is 0.787. The van der Waals surface area contributed by atoms with Crippen LogP contribution in [-0.4, -0.2) is 61.8 Å². The molecule has 0 aromatic heterocycles. The summed E-state index contributed by atoms with van der Waals surface area (Å²) in [6, 6.07) is 11.8. The fourth-order valence-corrected chi connectivity index (χ4v) is 3.92. The minimum absolute atomic E-state index is 0.0738. The second kappa shape index (κ2) is 8.31. The molecule has 0 N–H and O–H groups in total. The molecule has 0 radical (unpaired) electrons. The minimum atomic E-state index is -0.600. The average molecular weight is 417 g/mol. The Morgan fingerprint density at radius 2 is 1.76 bits per heavy atom. The van der Waals surface area contributed by atoms with Gasteiger partial charge in [-0.15, -0.1) is 0 Å². The number of esters is 1. The van der Waals surface area contributed by atoms with E-state index in [1.165, 1.54) is 7.11 Å². The lowest BCUT2D eigenvalue weighted by Crippen LogP contribution is -2.51. The number of carbonyl (C=O) groups is 2. The summed E-state index contributed by atoms with van der Waals surface area (Å²) in [5, 5.41) is 0.516. The molecule has 1 atom stereocenters. The number of amides is 1. The van der Waals surface area contributed by atoms with Crippen molar-refractivity contribution in [1.29, 1.82) is 0 Å². The third kappa shape index (κ3) is 3.88. The van der Waals surface area contributed by atoms with Gasteiger partial charge in [0.05, 0.1) is 7.11 Å². The van der Waals surface area contributed by atoms with Crippen molar-refractivity contribution in [3.63, 3.8) is 0 Å². The van der Waals surface area contributed by atoms with Gasteiger partial charge in [-0.05, 0) is 29.8 Å². The summed E-state index contributed by atoms with van der Waals surface area (Å²) < 4.78 is 15.7. The van der Waals surface area contributed by atoms with Gasteiger partial charge in [0.1, 0.15) is 6.04 Å². The zero-order chi connectivity index (χ0) is 20.4. The lowest BCUT2D eigenvalue weighted by atomic mass is 10.0. The molecule has 0 aliphatic carbocycles. The maximum atomic E-state index is 12.9. The van der Waals surface area contributed by atoms with Gasteiger partial charge in [-0.1, -0.05) is 29.8 Å². The number of methoxy groups -OCH3 is 1. The minimum Gasteiger partial charge on any atom is -0.468 e. The maximum Gasteiger partial charge on any atom is 0.327 e. The largest absolute Gasteiger partial charge is 0.468 e. The highest BCUT2D eigenvalue weighted by Gasteiger charge is 2.34. The normalized spacial score (nSPS) is 17.1. The number of halogens is 1. The Balaban J connectivity index is 1.47. The van der Waals surface area contributed by atoms with E-state index in [9.17, 15) is 9.59 Å². The fourth-order valence-electron chi connectivity index (χ4n) is 3.68. The molecule has 0 spiro atoms. The van der Waals surface area contributed by atoms with E-state index < -0.39 is 6.04 Å². The number of ether oxygens (including phenoxy) is 3. The smallest absolute Gasteiger partial charge is 0.327 e. The SMILES string of the molecule is COC(=O)C(c1ccccc1Cl)N1CCN(C(=O)c2ccc3c(c2)OCO3)CC1. The highest BCUT2D eigenvalue weighted by molar-refractivity contribution is 6.31. The Morgan fingerprint density at radius 1 is 1.03 bits per heavy atom. The zero-order valence-electron chi connectivity index (χ0n) is 16.0. The van der Waals surface area contributed by atoms with Crippen LogP contribution in [0.1, 0.15) is 22.0 Å². The summed E-state index contributed by atoms with van der Waals surface area (Å²) in [6.07, 6.45) is 0. The van der Waals surface area contributed by atoms with Crippen LogP contribution in [0.5, 0.6) is 11.5 Å². The summed E-state index contributed by atoms with van der Waals surface area (Å²) in [4.78, 5) is 29.1. The molecule has 0 saturated carbocycles. The van der Waals surface area contributed by atoms with E-state index in [1.807, 2.05) is 23.1 Å². The number of carbonyl (C=O) groups excluding carboxylic acids is 2. The monoisotopic (exact) mass is 416 g/mol. The van der Waals surface area contributed by atoms with Gasteiger partial charge in [0.15, 0.2) is 11.5 Å². The molecule has 2 aromatic rings. The second-order valence-corrected chi connectivity index (χ2v) is 7.25. The van der Waals surface area contributed by atoms with Gasteiger partial charge >= 0.3 is 5.97 Å². The first kappa shape index (κ1) is 19.5. The molecule has 1 fully saturated rings. The van der Waals surface area contributed by atoms with E-state index in [2.05, 4.69) is 0 Å². The molecule has 1 saturated heterocycles. The third-order valence-electron chi connectivity index (χ3n) is 5.21. The Labute approximate surface area is 173 Å². The standard InChI is InChI=1S/C21H21ClN2O5/c1-27-21(26)19(15-4-2-3-5-16(15)22)23-8-10-24(11-9-23)20(25)14-6-7-17-18(12-14)29-13-28-17/h2-7,12,19H,8-11,13H2,1H3. The van der Waals surface area contributed by atoms with Crippen LogP contribution in [0.25, 0.3) is 0 Å². The van der Waals surface area contributed by atoms with E-state index in [1.54, 1.807) is 29.2 Å². The number of hydrogen-bond acceptors (Lipinski definition) is 6. The van der Waals surface area contributed by atoms with E-state index in [0.29, 0.717) is 53.8 Å². The van der Waals surface area contributed by atoms with Gasteiger partial charge in [0.25, 0.3) is 5.91 Å². The van der Waals surface area contributed by atoms with Crippen molar-refractivity contribution in [3.05, 3.63) is 58.6 Å². The summed E-state index contributed by atoms with van der Waals surface area (Å²) >= 11 is 6.32. The van der Waals surface area contributed by atoms with Gasteiger partial charge in [0, 0.05) is 36.8 Å². The van der Waals surface area contributed by atoms with E-state index >= 15 is 0 Å². The first-order valence-corrected chi connectivity index (χ1v) is 9.71. The molecule has 2 heterocycles. The van der Waals surface area contributed by atoms with Crippen molar-refractivity contribution in [2.45, 2.75) is 6.04 Å². The lowest BCUT2D eigenvalue weighted by Gasteiger charge is -2.38. The zero-order valence-corrected chi connectivity index (χ0v) is 16.7. The Morgan fingerprint density at radius 3 is 2.48 bits per heavy atom. The van der Waals surface area contributed by atoms with Crippen molar-refractivity contribution in [1.82, 2.24) is 9.80 Å². The molecular weight excluding hydrogens is 396 g/mol. The van der Waals surface area contributed by atoms with Crippen LogP contribution in [-0.2, 0) is 9.53 Å².